The quantitative estimate of drug-likeness (QED) is 0.689. The van der Waals surface area contributed by atoms with E-state index in [4.69, 9.17) is 9.26 Å². The number of ether oxygens (including phenoxy) is 1. The molecule has 0 bridgehead atoms. The summed E-state index contributed by atoms with van der Waals surface area (Å²) in [5, 5.41) is 8.34. The van der Waals surface area contributed by atoms with Crippen molar-refractivity contribution in [3.63, 3.8) is 0 Å². The molecule has 8 heteroatoms. The fraction of sp³-hybridized carbons (Fsp3) is 0.368. The van der Waals surface area contributed by atoms with Crippen molar-refractivity contribution in [1.29, 1.82) is 0 Å². The van der Waals surface area contributed by atoms with Gasteiger partial charge in [0, 0.05) is 25.4 Å². The number of amides is 1. The number of rotatable bonds is 5. The van der Waals surface area contributed by atoms with Crippen LogP contribution < -0.4 is 4.74 Å². The summed E-state index contributed by atoms with van der Waals surface area (Å²) in [5.74, 6) is 1.22. The van der Waals surface area contributed by atoms with E-state index in [1.165, 1.54) is 0 Å². The summed E-state index contributed by atoms with van der Waals surface area (Å²) in [6.07, 6.45) is 5.90. The fourth-order valence-electron chi connectivity index (χ4n) is 3.45. The molecule has 1 atom stereocenters. The molecule has 0 saturated heterocycles. The van der Waals surface area contributed by atoms with Crippen molar-refractivity contribution in [2.75, 3.05) is 13.2 Å². The maximum absolute atomic E-state index is 13.0. The number of aryl methyl sites for hydroxylation is 2. The van der Waals surface area contributed by atoms with Crippen molar-refractivity contribution < 1.29 is 14.1 Å². The van der Waals surface area contributed by atoms with Crippen LogP contribution in [-0.2, 0) is 6.54 Å². The Hall–Kier alpha value is -3.16. The molecule has 0 N–H and O–H groups in total. The van der Waals surface area contributed by atoms with Crippen LogP contribution in [-0.4, -0.2) is 43.9 Å². The largest absolute Gasteiger partial charge is 0.492 e. The number of carbonyl (C=O) groups is 1. The summed E-state index contributed by atoms with van der Waals surface area (Å²) in [5.41, 5.74) is 2.18. The SMILES string of the molecule is Cc1noc(C)c1C(=O)N1Cc2ccnn2[C@@H](CCOc2cccnc2)C1. The van der Waals surface area contributed by atoms with Crippen molar-refractivity contribution >= 4 is 5.91 Å². The summed E-state index contributed by atoms with van der Waals surface area (Å²) in [6, 6.07) is 5.71. The second-order valence-electron chi connectivity index (χ2n) is 6.63. The van der Waals surface area contributed by atoms with Gasteiger partial charge in [-0.3, -0.25) is 14.5 Å². The molecule has 3 aromatic heterocycles. The first-order chi connectivity index (χ1) is 13.1. The van der Waals surface area contributed by atoms with E-state index in [9.17, 15) is 4.79 Å². The van der Waals surface area contributed by atoms with Gasteiger partial charge in [0.25, 0.3) is 5.91 Å². The van der Waals surface area contributed by atoms with Crippen molar-refractivity contribution in [3.8, 4) is 5.75 Å². The lowest BCUT2D eigenvalue weighted by atomic mass is 10.1. The zero-order valence-corrected chi connectivity index (χ0v) is 15.3. The normalized spacial score (nSPS) is 16.2. The average Bonchev–Trinajstić information content (AvgIpc) is 3.28. The molecule has 0 radical (unpaired) electrons. The van der Waals surface area contributed by atoms with Crippen molar-refractivity contribution in [2.45, 2.75) is 32.9 Å². The van der Waals surface area contributed by atoms with Gasteiger partial charge < -0.3 is 14.2 Å². The molecule has 1 aliphatic heterocycles. The lowest BCUT2D eigenvalue weighted by molar-refractivity contribution is 0.0652. The van der Waals surface area contributed by atoms with Crippen LogP contribution in [0.25, 0.3) is 0 Å². The minimum atomic E-state index is -0.0584. The highest BCUT2D eigenvalue weighted by Crippen LogP contribution is 2.26. The summed E-state index contributed by atoms with van der Waals surface area (Å²) >= 11 is 0. The highest BCUT2D eigenvalue weighted by atomic mass is 16.5. The number of nitrogens with zero attached hydrogens (tertiary/aromatic N) is 5. The van der Waals surface area contributed by atoms with Gasteiger partial charge in [-0.25, -0.2) is 0 Å². The summed E-state index contributed by atoms with van der Waals surface area (Å²) < 4.78 is 12.9. The monoisotopic (exact) mass is 367 g/mol. The molecule has 0 aliphatic carbocycles. The Morgan fingerprint density at radius 3 is 2.96 bits per heavy atom. The Labute approximate surface area is 156 Å². The molecule has 27 heavy (non-hydrogen) atoms. The Kier molecular flexibility index (Phi) is 4.62. The van der Waals surface area contributed by atoms with E-state index >= 15 is 0 Å². The maximum atomic E-state index is 13.0. The third-order valence-electron chi connectivity index (χ3n) is 4.77. The van der Waals surface area contributed by atoms with Crippen molar-refractivity contribution in [1.82, 2.24) is 24.8 Å². The number of hydrogen-bond acceptors (Lipinski definition) is 6. The van der Waals surface area contributed by atoms with Crippen LogP contribution in [0.4, 0.5) is 0 Å². The first-order valence-corrected chi connectivity index (χ1v) is 8.91. The second-order valence-corrected chi connectivity index (χ2v) is 6.63. The highest BCUT2D eigenvalue weighted by Gasteiger charge is 2.31. The van der Waals surface area contributed by atoms with Crippen molar-refractivity contribution in [2.24, 2.45) is 0 Å². The molecule has 8 nitrogen and oxygen atoms in total. The second kappa shape index (κ2) is 7.22. The van der Waals surface area contributed by atoms with Gasteiger partial charge in [0.15, 0.2) is 0 Å². The molecule has 0 fully saturated rings. The molecule has 0 spiro atoms. The van der Waals surface area contributed by atoms with Gasteiger partial charge in [-0.1, -0.05) is 5.16 Å². The van der Waals surface area contributed by atoms with Crippen LogP contribution in [0.1, 0.15) is 40.0 Å². The standard InChI is InChI=1S/C19H21N5O3/c1-13-18(14(2)27-22-13)19(25)23-11-15-5-8-21-24(15)16(12-23)6-9-26-17-4-3-7-20-10-17/h3-5,7-8,10,16H,6,9,11-12H2,1-2H3/t16-/m0/s1. The fourth-order valence-corrected chi connectivity index (χ4v) is 3.45. The van der Waals surface area contributed by atoms with E-state index in [1.54, 1.807) is 32.4 Å². The Balaban J connectivity index is 1.48. The van der Waals surface area contributed by atoms with Gasteiger partial charge in [0.05, 0.1) is 36.8 Å². The predicted octanol–water partition coefficient (Wildman–Crippen LogP) is 2.55. The predicted molar refractivity (Wildman–Crippen MR) is 96.3 cm³/mol. The molecule has 0 unspecified atom stereocenters. The number of carbonyl (C=O) groups excluding carboxylic acids is 1. The van der Waals surface area contributed by atoms with Crippen LogP contribution >= 0.6 is 0 Å². The molecule has 4 heterocycles. The third-order valence-corrected chi connectivity index (χ3v) is 4.77. The van der Waals surface area contributed by atoms with Crippen molar-refractivity contribution in [3.05, 3.63) is 59.5 Å². The van der Waals surface area contributed by atoms with Crippen LogP contribution in [0, 0.1) is 13.8 Å². The Morgan fingerprint density at radius 1 is 1.33 bits per heavy atom. The van der Waals surface area contributed by atoms with E-state index in [1.807, 2.05) is 27.8 Å². The maximum Gasteiger partial charge on any atom is 0.259 e. The third kappa shape index (κ3) is 3.42. The number of aromatic nitrogens is 4. The summed E-state index contributed by atoms with van der Waals surface area (Å²) in [4.78, 5) is 18.9. The smallest absolute Gasteiger partial charge is 0.259 e. The lowest BCUT2D eigenvalue weighted by Gasteiger charge is -2.34. The molecule has 4 rings (SSSR count). The van der Waals surface area contributed by atoms with Crippen LogP contribution in [0.5, 0.6) is 5.75 Å². The van der Waals surface area contributed by atoms with E-state index < -0.39 is 0 Å². The first kappa shape index (κ1) is 17.3. The van der Waals surface area contributed by atoms with Crippen LogP contribution in [0.15, 0.2) is 41.3 Å². The molecule has 140 valence electrons. The summed E-state index contributed by atoms with van der Waals surface area (Å²) in [6.45, 7) is 5.15. The Morgan fingerprint density at radius 2 is 2.22 bits per heavy atom. The molecule has 1 aliphatic rings. The first-order valence-electron chi connectivity index (χ1n) is 8.91. The van der Waals surface area contributed by atoms with E-state index in [0.717, 1.165) is 17.9 Å². The van der Waals surface area contributed by atoms with Crippen LogP contribution in [0.3, 0.4) is 0 Å². The van der Waals surface area contributed by atoms with E-state index in [0.29, 0.717) is 36.7 Å². The highest BCUT2D eigenvalue weighted by molar-refractivity contribution is 5.96. The summed E-state index contributed by atoms with van der Waals surface area (Å²) in [7, 11) is 0. The minimum absolute atomic E-state index is 0.0462. The van der Waals surface area contributed by atoms with Gasteiger partial charge >= 0.3 is 0 Å². The molecule has 1 amide bonds. The van der Waals surface area contributed by atoms with Gasteiger partial charge in [-0.15, -0.1) is 0 Å². The van der Waals surface area contributed by atoms with Gasteiger partial charge in [-0.05, 0) is 32.0 Å². The average molecular weight is 367 g/mol. The molecule has 0 aromatic carbocycles. The van der Waals surface area contributed by atoms with Gasteiger partial charge in [0.1, 0.15) is 17.1 Å². The number of pyridine rings is 1. The zero-order valence-electron chi connectivity index (χ0n) is 15.3. The molecule has 3 aromatic rings. The number of hydrogen-bond donors (Lipinski definition) is 0. The van der Waals surface area contributed by atoms with E-state index in [2.05, 4.69) is 15.2 Å². The molecular formula is C19H21N5O3. The van der Waals surface area contributed by atoms with Gasteiger partial charge in [0.2, 0.25) is 0 Å². The molecule has 0 saturated carbocycles. The lowest BCUT2D eigenvalue weighted by Crippen LogP contribution is -2.42. The van der Waals surface area contributed by atoms with E-state index in [-0.39, 0.29) is 11.9 Å². The molecular weight excluding hydrogens is 346 g/mol. The topological polar surface area (TPSA) is 86.3 Å². The zero-order chi connectivity index (χ0) is 18.8. The van der Waals surface area contributed by atoms with Gasteiger partial charge in [-0.2, -0.15) is 5.10 Å². The number of fused-ring (bicyclic) bond motifs is 1. The van der Waals surface area contributed by atoms with Crippen LogP contribution in [0.2, 0.25) is 0 Å². The minimum Gasteiger partial charge on any atom is -0.492 e. The Bertz CT molecular complexity index is 914.